The van der Waals surface area contributed by atoms with Gasteiger partial charge in [0.05, 0.1) is 24.5 Å². The molecule has 0 aromatic heterocycles. The quantitative estimate of drug-likeness (QED) is 0.435. The van der Waals surface area contributed by atoms with Gasteiger partial charge in [0.1, 0.15) is 17.1 Å². The van der Waals surface area contributed by atoms with Crippen LogP contribution >= 0.6 is 11.6 Å². The number of hydrogen-bond acceptors (Lipinski definition) is 8. The van der Waals surface area contributed by atoms with Gasteiger partial charge in [-0.2, -0.15) is 0 Å². The van der Waals surface area contributed by atoms with Crippen molar-refractivity contribution < 1.29 is 34.1 Å². The van der Waals surface area contributed by atoms with E-state index in [0.29, 0.717) is 12.1 Å². The highest BCUT2D eigenvalue weighted by Crippen LogP contribution is 2.37. The molecule has 0 radical (unpaired) electrons. The summed E-state index contributed by atoms with van der Waals surface area (Å²) in [5, 5.41) is 24.0. The second-order valence-electron chi connectivity index (χ2n) is 6.07. The number of allylic oxidation sites excluding steroid dienone is 3. The van der Waals surface area contributed by atoms with Crippen LogP contribution in [0.15, 0.2) is 35.5 Å². The molecule has 0 atom stereocenters. The van der Waals surface area contributed by atoms with Crippen molar-refractivity contribution in [3.05, 3.63) is 46.5 Å². The third kappa shape index (κ3) is 6.53. The molecule has 0 saturated carbocycles. The molecule has 0 aliphatic carbocycles. The minimum absolute atomic E-state index is 0.0568. The average molecular weight is 424 g/mol. The number of benzene rings is 1. The number of ether oxygens (including phenoxy) is 2. The Kier molecular flexibility index (Phi) is 8.54. The van der Waals surface area contributed by atoms with E-state index in [2.05, 4.69) is 9.89 Å². The highest BCUT2D eigenvalue weighted by atomic mass is 35.5. The van der Waals surface area contributed by atoms with Crippen molar-refractivity contribution in [2.45, 2.75) is 25.7 Å². The molecule has 1 aromatic carbocycles. The van der Waals surface area contributed by atoms with Crippen LogP contribution in [0.4, 0.5) is 0 Å². The highest BCUT2D eigenvalue weighted by molar-refractivity contribution is 6.33. The van der Waals surface area contributed by atoms with Gasteiger partial charge in [0, 0.05) is 12.5 Å². The standard InChI is InChI=1S/C20H22ClNO7/c1-27-17(25)12-29-22-13-8-6-4-2-3-5-7-9-28-20(26)18-14(10-13)19(21)16(24)11-15(18)23/h3,5-6,8,11,23-24H,2,4,7,9-10,12H2,1H3/b5-3+,8-6+,22-13+. The number of phenols is 2. The summed E-state index contributed by atoms with van der Waals surface area (Å²) in [5.74, 6) is -2.24. The van der Waals surface area contributed by atoms with E-state index in [4.69, 9.17) is 21.2 Å². The fourth-order valence-electron chi connectivity index (χ4n) is 2.55. The largest absolute Gasteiger partial charge is 0.507 e. The van der Waals surface area contributed by atoms with Crippen LogP contribution in [0.25, 0.3) is 0 Å². The number of carbonyl (C=O) groups is 2. The maximum atomic E-state index is 12.5. The number of hydrogen-bond donors (Lipinski definition) is 2. The van der Waals surface area contributed by atoms with E-state index in [0.717, 1.165) is 18.9 Å². The SMILES string of the molecule is COC(=O)CO/N=C1\C=C\CC/C=C/CCOC(=O)c2c(O)cc(O)c(Cl)c2C1. The predicted molar refractivity (Wildman–Crippen MR) is 106 cm³/mol. The average Bonchev–Trinajstić information content (AvgIpc) is 2.69. The molecule has 1 aromatic rings. The molecule has 0 spiro atoms. The molecule has 156 valence electrons. The monoisotopic (exact) mass is 423 g/mol. The third-order valence-corrected chi connectivity index (χ3v) is 4.39. The topological polar surface area (TPSA) is 115 Å². The van der Waals surface area contributed by atoms with Crippen LogP contribution in [0.1, 0.15) is 35.2 Å². The Morgan fingerprint density at radius 3 is 2.69 bits per heavy atom. The Hall–Kier alpha value is -3.00. The zero-order valence-electron chi connectivity index (χ0n) is 15.9. The number of rotatable bonds is 3. The van der Waals surface area contributed by atoms with Gasteiger partial charge in [0.15, 0.2) is 0 Å². The third-order valence-electron chi connectivity index (χ3n) is 3.97. The first-order valence-corrected chi connectivity index (χ1v) is 9.29. The zero-order valence-corrected chi connectivity index (χ0v) is 16.6. The first-order chi connectivity index (χ1) is 13.9. The Morgan fingerprint density at radius 2 is 1.93 bits per heavy atom. The molecule has 2 rings (SSSR count). The van der Waals surface area contributed by atoms with E-state index < -0.39 is 30.0 Å². The van der Waals surface area contributed by atoms with E-state index in [-0.39, 0.29) is 29.2 Å². The summed E-state index contributed by atoms with van der Waals surface area (Å²) in [6.07, 6.45) is 9.34. The molecule has 8 nitrogen and oxygen atoms in total. The van der Waals surface area contributed by atoms with Gasteiger partial charge in [-0.15, -0.1) is 0 Å². The molecule has 1 aliphatic heterocycles. The molecular weight excluding hydrogens is 402 g/mol. The summed E-state index contributed by atoms with van der Waals surface area (Å²) in [6, 6.07) is 0.978. The smallest absolute Gasteiger partial charge is 0.346 e. The van der Waals surface area contributed by atoms with Gasteiger partial charge in [-0.1, -0.05) is 35.0 Å². The van der Waals surface area contributed by atoms with E-state index in [1.54, 1.807) is 6.08 Å². The zero-order chi connectivity index (χ0) is 21.2. The van der Waals surface area contributed by atoms with Gasteiger partial charge in [-0.25, -0.2) is 9.59 Å². The maximum Gasteiger partial charge on any atom is 0.346 e. The molecule has 29 heavy (non-hydrogen) atoms. The van der Waals surface area contributed by atoms with Crippen LogP contribution in [-0.2, 0) is 25.5 Å². The Labute approximate surface area is 173 Å². The van der Waals surface area contributed by atoms with Crippen molar-refractivity contribution in [3.63, 3.8) is 0 Å². The molecule has 0 fully saturated rings. The minimum Gasteiger partial charge on any atom is -0.507 e. The molecular formula is C20H22ClNO7. The van der Waals surface area contributed by atoms with Gasteiger partial charge < -0.3 is 24.5 Å². The van der Waals surface area contributed by atoms with Crippen molar-refractivity contribution in [1.29, 1.82) is 0 Å². The number of halogens is 1. The summed E-state index contributed by atoms with van der Waals surface area (Å²) in [4.78, 5) is 28.7. The van der Waals surface area contributed by atoms with Crippen LogP contribution in [0, 0.1) is 0 Å². The second kappa shape index (κ2) is 11.1. The van der Waals surface area contributed by atoms with Crippen LogP contribution in [0.2, 0.25) is 5.02 Å². The summed E-state index contributed by atoms with van der Waals surface area (Å²) in [7, 11) is 1.22. The molecule has 0 saturated heterocycles. The molecule has 2 N–H and O–H groups in total. The lowest BCUT2D eigenvalue weighted by Crippen LogP contribution is -2.14. The first-order valence-electron chi connectivity index (χ1n) is 8.91. The van der Waals surface area contributed by atoms with E-state index in [1.807, 2.05) is 18.2 Å². The number of oxime groups is 1. The molecule has 9 heteroatoms. The summed E-state index contributed by atoms with van der Waals surface area (Å²) >= 11 is 6.20. The number of carbonyl (C=O) groups excluding carboxylic acids is 2. The van der Waals surface area contributed by atoms with Gasteiger partial charge in [0.25, 0.3) is 0 Å². The fraction of sp³-hybridized carbons (Fsp3) is 0.350. The molecule has 0 unspecified atom stereocenters. The summed E-state index contributed by atoms with van der Waals surface area (Å²) in [6.45, 7) is -0.268. The molecule has 0 amide bonds. The molecule has 0 bridgehead atoms. The summed E-state index contributed by atoms with van der Waals surface area (Å²) in [5.41, 5.74) is 0.283. The lowest BCUT2D eigenvalue weighted by molar-refractivity contribution is -0.145. The highest BCUT2D eigenvalue weighted by Gasteiger charge is 2.24. The Bertz CT molecular complexity index is 846. The Balaban J connectivity index is 2.45. The normalized spacial score (nSPS) is 18.8. The van der Waals surface area contributed by atoms with Gasteiger partial charge >= 0.3 is 11.9 Å². The molecule has 1 aliphatic rings. The number of esters is 2. The van der Waals surface area contributed by atoms with Crippen molar-refractivity contribution in [3.8, 4) is 11.5 Å². The number of aromatic hydroxyl groups is 2. The number of nitrogens with zero attached hydrogens (tertiary/aromatic N) is 1. The van der Waals surface area contributed by atoms with Crippen LogP contribution < -0.4 is 0 Å². The van der Waals surface area contributed by atoms with Crippen LogP contribution in [0.5, 0.6) is 11.5 Å². The maximum absolute atomic E-state index is 12.5. The summed E-state index contributed by atoms with van der Waals surface area (Å²) < 4.78 is 9.70. The lowest BCUT2D eigenvalue weighted by atomic mass is 9.99. The van der Waals surface area contributed by atoms with Crippen LogP contribution in [0.3, 0.4) is 0 Å². The Morgan fingerprint density at radius 1 is 1.21 bits per heavy atom. The second-order valence-corrected chi connectivity index (χ2v) is 6.45. The van der Waals surface area contributed by atoms with Gasteiger partial charge in [-0.05, 0) is 30.9 Å². The van der Waals surface area contributed by atoms with Crippen LogP contribution in [-0.4, -0.2) is 48.2 Å². The minimum atomic E-state index is -0.774. The fourth-order valence-corrected chi connectivity index (χ4v) is 2.76. The first kappa shape index (κ1) is 22.3. The number of methoxy groups -OCH3 is 1. The number of phenolic OH excluding ortho intramolecular Hbond substituents is 2. The van der Waals surface area contributed by atoms with Crippen molar-refractivity contribution in [2.75, 3.05) is 20.3 Å². The van der Waals surface area contributed by atoms with E-state index in [9.17, 15) is 19.8 Å². The predicted octanol–water partition coefficient (Wildman–Crippen LogP) is 3.29. The van der Waals surface area contributed by atoms with E-state index >= 15 is 0 Å². The number of fused-ring (bicyclic) bond motifs is 1. The van der Waals surface area contributed by atoms with Crippen molar-refractivity contribution in [1.82, 2.24) is 0 Å². The van der Waals surface area contributed by atoms with Crippen molar-refractivity contribution in [2.24, 2.45) is 5.16 Å². The van der Waals surface area contributed by atoms with Gasteiger partial charge in [-0.3, -0.25) is 0 Å². The number of cyclic esters (lactones) is 1. The van der Waals surface area contributed by atoms with Gasteiger partial charge in [0.2, 0.25) is 6.61 Å². The van der Waals surface area contributed by atoms with Crippen molar-refractivity contribution >= 4 is 29.3 Å². The van der Waals surface area contributed by atoms with E-state index in [1.165, 1.54) is 7.11 Å². The molecule has 1 heterocycles. The lowest BCUT2D eigenvalue weighted by Gasteiger charge is -2.14.